The van der Waals surface area contributed by atoms with Crippen LogP contribution in [-0.4, -0.2) is 19.6 Å². The molecular weight excluding hydrogens is 815 g/mol. The Labute approximate surface area is 401 Å². The molecule has 0 atom stereocenters. The predicted octanol–water partition coefficient (Wildman–Crippen LogP) is 17.3. The summed E-state index contributed by atoms with van der Waals surface area (Å²) in [5, 5.41) is 12.7. The minimum atomic E-state index is -0.336. The molecule has 2 heterocycles. The Bertz CT molecular complexity index is 3060. The Balaban J connectivity index is 1.51. The topological polar surface area (TPSA) is 50.9 Å². The van der Waals surface area contributed by atoms with Crippen molar-refractivity contribution in [3.8, 4) is 56.3 Å². The first kappa shape index (κ1) is 47.2. The lowest BCUT2D eigenvalue weighted by molar-refractivity contribution is 0.446. The number of hydrogen-bond donors (Lipinski definition) is 1. The van der Waals surface area contributed by atoms with E-state index >= 15 is 0 Å². The summed E-state index contributed by atoms with van der Waals surface area (Å²) in [7, 11) is 0. The third kappa shape index (κ3) is 9.12. The lowest BCUT2D eigenvalue weighted by Gasteiger charge is -2.29. The van der Waals surface area contributed by atoms with Crippen molar-refractivity contribution >= 4 is 11.0 Å². The molecule has 0 radical (unpaired) electrons. The van der Waals surface area contributed by atoms with Gasteiger partial charge in [-0.2, -0.15) is 0 Å². The SMILES string of the molecule is CC(C)c1cc(C(C)(C)C)cc(C(C)C)c1-n1c(-c2cc(C(C)(C)C)cc(C(C)(C)C)c2O)nc2c(-c3cc(-c4cc(-c5ccccc5)ccn4)cc(C(C)(C)c4ccccc4)c3)cccc21. The van der Waals surface area contributed by atoms with Crippen LogP contribution in [0.1, 0.15) is 155 Å². The van der Waals surface area contributed by atoms with Crippen LogP contribution >= 0.6 is 0 Å². The minimum Gasteiger partial charge on any atom is -0.507 e. The van der Waals surface area contributed by atoms with Crippen molar-refractivity contribution < 1.29 is 5.11 Å². The number of imidazole rings is 1. The average molecular weight is 886 g/mol. The number of hydrogen-bond acceptors (Lipinski definition) is 3. The molecule has 67 heavy (non-hydrogen) atoms. The van der Waals surface area contributed by atoms with Crippen molar-refractivity contribution in [1.82, 2.24) is 14.5 Å². The lowest BCUT2D eigenvalue weighted by Crippen LogP contribution is -2.19. The summed E-state index contributed by atoms with van der Waals surface area (Å²) in [5.41, 5.74) is 17.5. The highest BCUT2D eigenvalue weighted by Crippen LogP contribution is 2.47. The van der Waals surface area contributed by atoms with E-state index in [9.17, 15) is 5.11 Å². The number of nitrogens with zero attached hydrogens (tertiary/aromatic N) is 3. The van der Waals surface area contributed by atoms with E-state index < -0.39 is 0 Å². The van der Waals surface area contributed by atoms with Crippen molar-refractivity contribution in [2.45, 2.75) is 137 Å². The molecule has 0 aliphatic heterocycles. The summed E-state index contributed by atoms with van der Waals surface area (Å²) in [6.07, 6.45) is 1.93. The number of pyridine rings is 1. The number of phenolic OH excluding ortho intramolecular Hbond substituents is 1. The number of para-hydroxylation sites is 1. The van der Waals surface area contributed by atoms with E-state index in [1.165, 1.54) is 27.8 Å². The van der Waals surface area contributed by atoms with Crippen LogP contribution < -0.4 is 0 Å². The molecule has 0 saturated carbocycles. The van der Waals surface area contributed by atoms with Gasteiger partial charge in [-0.3, -0.25) is 9.55 Å². The lowest BCUT2D eigenvalue weighted by atomic mass is 9.76. The van der Waals surface area contributed by atoms with Crippen molar-refractivity contribution in [1.29, 1.82) is 0 Å². The van der Waals surface area contributed by atoms with Gasteiger partial charge in [0, 0.05) is 28.3 Å². The smallest absolute Gasteiger partial charge is 0.149 e. The molecule has 4 nitrogen and oxygen atoms in total. The molecule has 0 bridgehead atoms. The number of rotatable bonds is 9. The number of phenols is 1. The summed E-state index contributed by atoms with van der Waals surface area (Å²) in [4.78, 5) is 10.8. The van der Waals surface area contributed by atoms with E-state index in [4.69, 9.17) is 9.97 Å². The van der Waals surface area contributed by atoms with Crippen LogP contribution in [0.3, 0.4) is 0 Å². The van der Waals surface area contributed by atoms with Crippen molar-refractivity contribution in [2.24, 2.45) is 0 Å². The van der Waals surface area contributed by atoms with E-state index in [-0.39, 0.29) is 39.2 Å². The molecule has 2 aromatic heterocycles. The van der Waals surface area contributed by atoms with Crippen molar-refractivity contribution in [2.75, 3.05) is 0 Å². The molecule has 6 aromatic carbocycles. The normalized spacial score (nSPS) is 12.7. The fraction of sp³-hybridized carbons (Fsp3) is 0.333. The monoisotopic (exact) mass is 886 g/mol. The van der Waals surface area contributed by atoms with Gasteiger partial charge in [-0.1, -0.05) is 201 Å². The zero-order chi connectivity index (χ0) is 48.4. The second-order valence-electron chi connectivity index (χ2n) is 23.0. The van der Waals surface area contributed by atoms with Gasteiger partial charge >= 0.3 is 0 Å². The molecule has 8 rings (SSSR count). The molecule has 1 N–H and O–H groups in total. The molecule has 344 valence electrons. The van der Waals surface area contributed by atoms with Crippen molar-refractivity contribution in [3.63, 3.8) is 0 Å². The summed E-state index contributed by atoms with van der Waals surface area (Å²) in [6.45, 7) is 34.1. The van der Waals surface area contributed by atoms with Gasteiger partial charge in [-0.15, -0.1) is 0 Å². The Kier molecular flexibility index (Phi) is 12.3. The Morgan fingerprint density at radius 1 is 0.478 bits per heavy atom. The van der Waals surface area contributed by atoms with Gasteiger partial charge in [0.1, 0.15) is 11.6 Å². The molecule has 0 fully saturated rings. The van der Waals surface area contributed by atoms with Crippen LogP contribution in [0.5, 0.6) is 5.75 Å². The maximum atomic E-state index is 12.7. The van der Waals surface area contributed by atoms with Crippen LogP contribution in [-0.2, 0) is 21.7 Å². The summed E-state index contributed by atoms with van der Waals surface area (Å²) >= 11 is 0. The zero-order valence-electron chi connectivity index (χ0n) is 42.7. The highest BCUT2D eigenvalue weighted by molar-refractivity contribution is 5.97. The Morgan fingerprint density at radius 3 is 1.64 bits per heavy atom. The van der Waals surface area contributed by atoms with Gasteiger partial charge < -0.3 is 5.11 Å². The summed E-state index contributed by atoms with van der Waals surface area (Å²) in [6, 6.07) is 48.5. The van der Waals surface area contributed by atoms with Gasteiger partial charge in [0.25, 0.3) is 0 Å². The van der Waals surface area contributed by atoms with E-state index in [1.807, 2.05) is 6.20 Å². The second-order valence-corrected chi connectivity index (χ2v) is 23.0. The van der Waals surface area contributed by atoms with Gasteiger partial charge in [-0.25, -0.2) is 4.98 Å². The largest absolute Gasteiger partial charge is 0.507 e. The molecule has 8 aromatic rings. The quantitative estimate of drug-likeness (QED) is 0.157. The Morgan fingerprint density at radius 2 is 1.06 bits per heavy atom. The molecule has 0 saturated heterocycles. The molecule has 0 spiro atoms. The fourth-order valence-electron chi connectivity index (χ4n) is 9.51. The van der Waals surface area contributed by atoms with Crippen LogP contribution in [0.25, 0.3) is 61.6 Å². The molecule has 0 unspecified atom stereocenters. The predicted molar refractivity (Wildman–Crippen MR) is 285 cm³/mol. The first-order valence-corrected chi connectivity index (χ1v) is 24.3. The van der Waals surface area contributed by atoms with Crippen LogP contribution in [0.2, 0.25) is 0 Å². The third-order valence-electron chi connectivity index (χ3n) is 13.8. The van der Waals surface area contributed by atoms with Gasteiger partial charge in [0.05, 0.1) is 28.0 Å². The number of fused-ring (bicyclic) bond motifs is 1. The first-order chi connectivity index (χ1) is 31.4. The first-order valence-electron chi connectivity index (χ1n) is 24.3. The number of aromatic nitrogens is 3. The number of benzene rings is 6. The zero-order valence-corrected chi connectivity index (χ0v) is 42.7. The average Bonchev–Trinajstić information content (AvgIpc) is 3.67. The standard InChI is InChI=1S/C63H71N3O/c1-39(2)50-35-46(60(5,6)7)36-51(40(3)4)57(50)66-55-28-22-27-49(56(55)65-59(66)52-37-47(61(8,9)10)38-53(58(52)67)62(11,12)13)43-31-44(33-48(32-43)63(14,15)45-25-20-17-21-26-45)54-34-42(29-30-64-54)41-23-18-16-19-24-41/h16-40,67H,1-15H3. The third-order valence-corrected chi connectivity index (χ3v) is 13.8. The van der Waals surface area contributed by atoms with Gasteiger partial charge in [0.15, 0.2) is 0 Å². The Hall–Kier alpha value is -6.26. The van der Waals surface area contributed by atoms with E-state index in [2.05, 4.69) is 242 Å². The van der Waals surface area contributed by atoms with Crippen LogP contribution in [0, 0.1) is 0 Å². The molecule has 0 aliphatic rings. The highest BCUT2D eigenvalue weighted by Gasteiger charge is 2.32. The van der Waals surface area contributed by atoms with Crippen LogP contribution in [0.15, 0.2) is 140 Å². The molecule has 4 heteroatoms. The van der Waals surface area contributed by atoms with E-state index in [0.717, 1.165) is 72.7 Å². The highest BCUT2D eigenvalue weighted by atomic mass is 16.3. The maximum Gasteiger partial charge on any atom is 0.149 e. The minimum absolute atomic E-state index is 0.0501. The van der Waals surface area contributed by atoms with Gasteiger partial charge in [0.2, 0.25) is 0 Å². The van der Waals surface area contributed by atoms with Crippen molar-refractivity contribution in [3.05, 3.63) is 179 Å². The number of aromatic hydroxyl groups is 1. The maximum absolute atomic E-state index is 12.7. The van der Waals surface area contributed by atoms with Crippen LogP contribution in [0.4, 0.5) is 0 Å². The summed E-state index contributed by atoms with van der Waals surface area (Å²) in [5.74, 6) is 1.44. The summed E-state index contributed by atoms with van der Waals surface area (Å²) < 4.78 is 2.40. The van der Waals surface area contributed by atoms with Gasteiger partial charge in [-0.05, 0) is 115 Å². The molecular formula is C63H71N3O. The fourth-order valence-corrected chi connectivity index (χ4v) is 9.51. The second kappa shape index (κ2) is 17.4. The van der Waals surface area contributed by atoms with E-state index in [1.54, 1.807) is 0 Å². The van der Waals surface area contributed by atoms with E-state index in [0.29, 0.717) is 0 Å². The molecule has 0 amide bonds. The molecule has 0 aliphatic carbocycles.